The molecule has 6 rings (SSSR count). The molecule has 0 amide bonds. The third kappa shape index (κ3) is 7.32. The molecule has 0 aliphatic carbocycles. The standard InChI is InChI=1S/C39H28O10S2/c40-33-19-15-31(16-20-33)39(32-17-21-34(41)22-18-32,29-11-7-25(8-12-29)37(42)27-3-1-5-35(23-27)50-49-48-44)30-13-9-26(10-14-30)38(43)28-4-2-6-36(24-28)51(45,46)47/h1-24,40-41,44H,(H,45,46,47). The summed E-state index contributed by atoms with van der Waals surface area (Å²) in [5.41, 5.74) is 2.84. The number of aromatic hydroxyl groups is 2. The van der Waals surface area contributed by atoms with Crippen LogP contribution in [0.5, 0.6) is 11.5 Å². The van der Waals surface area contributed by atoms with Crippen LogP contribution in [0, 0.1) is 0 Å². The summed E-state index contributed by atoms with van der Waals surface area (Å²) in [6, 6.07) is 38.8. The normalized spacial score (nSPS) is 11.6. The van der Waals surface area contributed by atoms with E-state index in [0.29, 0.717) is 27.1 Å². The van der Waals surface area contributed by atoms with Crippen LogP contribution < -0.4 is 0 Å². The first-order valence-electron chi connectivity index (χ1n) is 15.2. The second-order valence-corrected chi connectivity index (χ2v) is 13.6. The predicted octanol–water partition coefficient (Wildman–Crippen LogP) is 7.62. The molecule has 256 valence electrons. The molecule has 0 aliphatic rings. The number of phenols is 2. The lowest BCUT2D eigenvalue weighted by atomic mass is 9.65. The van der Waals surface area contributed by atoms with E-state index < -0.39 is 26.2 Å². The first-order valence-corrected chi connectivity index (χ1v) is 17.4. The van der Waals surface area contributed by atoms with Crippen molar-refractivity contribution in [2.45, 2.75) is 15.2 Å². The maximum atomic E-state index is 13.5. The van der Waals surface area contributed by atoms with E-state index in [9.17, 15) is 32.8 Å². The van der Waals surface area contributed by atoms with Crippen LogP contribution in [-0.4, -0.2) is 40.0 Å². The Morgan fingerprint density at radius 1 is 0.549 bits per heavy atom. The molecule has 0 radical (unpaired) electrons. The number of phenolic OH excluding ortho intramolecular Hbond substituents is 2. The second-order valence-electron chi connectivity index (χ2n) is 11.4. The van der Waals surface area contributed by atoms with Crippen LogP contribution in [0.15, 0.2) is 155 Å². The van der Waals surface area contributed by atoms with E-state index >= 15 is 0 Å². The number of rotatable bonds is 12. The fourth-order valence-corrected chi connectivity index (χ4v) is 6.99. The summed E-state index contributed by atoms with van der Waals surface area (Å²) in [7, 11) is -4.52. The van der Waals surface area contributed by atoms with Gasteiger partial charge in [-0.15, -0.1) is 4.33 Å². The van der Waals surface area contributed by atoms with Gasteiger partial charge in [0, 0.05) is 27.1 Å². The summed E-state index contributed by atoms with van der Waals surface area (Å²) < 4.78 is 37.4. The molecule has 0 fully saturated rings. The molecule has 0 spiro atoms. The third-order valence-electron chi connectivity index (χ3n) is 8.41. The van der Waals surface area contributed by atoms with Crippen molar-refractivity contribution in [2.24, 2.45) is 0 Å². The predicted molar refractivity (Wildman–Crippen MR) is 188 cm³/mol. The molecule has 0 aliphatic heterocycles. The monoisotopic (exact) mass is 720 g/mol. The van der Waals surface area contributed by atoms with E-state index in [1.165, 1.54) is 18.2 Å². The van der Waals surface area contributed by atoms with E-state index in [2.05, 4.69) is 9.37 Å². The van der Waals surface area contributed by atoms with Gasteiger partial charge in [0.1, 0.15) is 11.5 Å². The molecule has 0 saturated carbocycles. The van der Waals surface area contributed by atoms with Gasteiger partial charge in [-0.05, 0) is 70.8 Å². The molecule has 10 nitrogen and oxygen atoms in total. The first-order chi connectivity index (χ1) is 24.5. The van der Waals surface area contributed by atoms with E-state index in [4.69, 9.17) is 5.26 Å². The van der Waals surface area contributed by atoms with Crippen LogP contribution >= 0.6 is 12.0 Å². The number of ketones is 2. The SMILES string of the molecule is O=C(c1ccc(C(c2ccc(O)cc2)(c2ccc(O)cc2)c2ccc(C(=O)c3cccc(S(=O)(=O)O)c3)cc2)cc1)c1cccc(SOOO)c1. The lowest BCUT2D eigenvalue weighted by molar-refractivity contribution is -0.432. The minimum absolute atomic E-state index is 0.0451. The second kappa shape index (κ2) is 14.7. The Labute approximate surface area is 297 Å². The van der Waals surface area contributed by atoms with Crippen molar-refractivity contribution in [2.75, 3.05) is 0 Å². The van der Waals surface area contributed by atoms with Gasteiger partial charge in [-0.1, -0.05) is 102 Å². The molecular weight excluding hydrogens is 693 g/mol. The van der Waals surface area contributed by atoms with Crippen LogP contribution in [0.2, 0.25) is 0 Å². The van der Waals surface area contributed by atoms with Crippen molar-refractivity contribution >= 4 is 33.7 Å². The quantitative estimate of drug-likeness (QED) is 0.0245. The van der Waals surface area contributed by atoms with E-state index in [0.717, 1.165) is 29.2 Å². The molecule has 0 heterocycles. The Bertz CT molecular complexity index is 2260. The maximum Gasteiger partial charge on any atom is 0.294 e. The summed E-state index contributed by atoms with van der Waals surface area (Å²) in [4.78, 5) is 27.1. The highest BCUT2D eigenvalue weighted by atomic mass is 32.2. The molecule has 0 saturated heterocycles. The van der Waals surface area contributed by atoms with Crippen molar-refractivity contribution < 1.29 is 47.4 Å². The Morgan fingerprint density at radius 2 is 0.961 bits per heavy atom. The maximum absolute atomic E-state index is 13.5. The highest BCUT2D eigenvalue weighted by Crippen LogP contribution is 2.46. The summed E-state index contributed by atoms with van der Waals surface area (Å²) in [6.07, 6.45) is 0. The van der Waals surface area contributed by atoms with E-state index in [-0.39, 0.29) is 28.4 Å². The first kappa shape index (κ1) is 35.2. The van der Waals surface area contributed by atoms with Gasteiger partial charge in [0.15, 0.2) is 11.6 Å². The van der Waals surface area contributed by atoms with Crippen LogP contribution in [0.1, 0.15) is 54.1 Å². The van der Waals surface area contributed by atoms with Crippen molar-refractivity contribution in [1.82, 2.24) is 0 Å². The number of carbonyl (C=O) groups excluding carboxylic acids is 2. The van der Waals surface area contributed by atoms with Gasteiger partial charge in [0.05, 0.1) is 22.4 Å². The molecule has 51 heavy (non-hydrogen) atoms. The van der Waals surface area contributed by atoms with E-state index in [1.807, 2.05) is 12.1 Å². The fraction of sp³-hybridized carbons (Fsp3) is 0.0256. The molecule has 4 N–H and O–H groups in total. The Balaban J connectivity index is 1.48. The lowest BCUT2D eigenvalue weighted by Gasteiger charge is -2.37. The van der Waals surface area contributed by atoms with Crippen LogP contribution in [0.3, 0.4) is 0 Å². The van der Waals surface area contributed by atoms with Gasteiger partial charge in [-0.3, -0.25) is 14.1 Å². The van der Waals surface area contributed by atoms with Gasteiger partial charge >= 0.3 is 0 Å². The molecule has 0 aromatic heterocycles. The van der Waals surface area contributed by atoms with E-state index in [1.54, 1.807) is 109 Å². The average Bonchev–Trinajstić information content (AvgIpc) is 3.15. The zero-order valence-corrected chi connectivity index (χ0v) is 28.0. The van der Waals surface area contributed by atoms with Crippen LogP contribution in [0.25, 0.3) is 0 Å². The number of carbonyl (C=O) groups is 2. The van der Waals surface area contributed by atoms with Gasteiger partial charge in [0.25, 0.3) is 10.1 Å². The lowest BCUT2D eigenvalue weighted by Crippen LogP contribution is -2.31. The topological polar surface area (TPSA) is 168 Å². The zero-order chi connectivity index (χ0) is 36.2. The fourth-order valence-electron chi connectivity index (χ4n) is 6.04. The van der Waals surface area contributed by atoms with Crippen molar-refractivity contribution in [1.29, 1.82) is 0 Å². The van der Waals surface area contributed by atoms with Gasteiger partial charge in [-0.2, -0.15) is 8.42 Å². The summed E-state index contributed by atoms with van der Waals surface area (Å²) in [5.74, 6) is -0.644. The van der Waals surface area contributed by atoms with Crippen molar-refractivity contribution in [3.8, 4) is 11.5 Å². The number of hydrogen-bond donors (Lipinski definition) is 4. The van der Waals surface area contributed by atoms with Gasteiger partial charge < -0.3 is 10.2 Å². The number of benzene rings is 6. The summed E-state index contributed by atoms with van der Waals surface area (Å²) in [5, 5.41) is 32.6. The Morgan fingerprint density at radius 3 is 1.39 bits per heavy atom. The highest BCUT2D eigenvalue weighted by molar-refractivity contribution is 7.94. The average molecular weight is 721 g/mol. The molecule has 12 heteroatoms. The minimum Gasteiger partial charge on any atom is -0.508 e. The van der Waals surface area contributed by atoms with Gasteiger partial charge in [-0.25, -0.2) is 5.26 Å². The molecule has 6 aromatic rings. The Kier molecular flexibility index (Phi) is 10.2. The molecule has 6 aromatic carbocycles. The van der Waals surface area contributed by atoms with Crippen LogP contribution in [-0.2, 0) is 24.9 Å². The Hall–Kier alpha value is -5.60. The van der Waals surface area contributed by atoms with Gasteiger partial charge in [0.2, 0.25) is 0 Å². The minimum atomic E-state index is -4.52. The summed E-state index contributed by atoms with van der Waals surface area (Å²) in [6.45, 7) is 0. The number of hydrogen-bond acceptors (Lipinski definition) is 10. The van der Waals surface area contributed by atoms with Crippen molar-refractivity contribution in [3.05, 3.63) is 190 Å². The highest BCUT2D eigenvalue weighted by Gasteiger charge is 2.39. The van der Waals surface area contributed by atoms with Crippen LogP contribution in [0.4, 0.5) is 0 Å². The van der Waals surface area contributed by atoms with Crippen molar-refractivity contribution in [3.63, 3.8) is 0 Å². The molecule has 0 unspecified atom stereocenters. The molecule has 0 atom stereocenters. The summed E-state index contributed by atoms with van der Waals surface area (Å²) >= 11 is 0.735. The third-order valence-corrected chi connectivity index (χ3v) is 9.84. The zero-order valence-electron chi connectivity index (χ0n) is 26.4. The molecule has 0 bridgehead atoms. The largest absolute Gasteiger partial charge is 0.508 e. The smallest absolute Gasteiger partial charge is 0.294 e. The molecular formula is C39H28O10S2.